The van der Waals surface area contributed by atoms with Crippen molar-refractivity contribution in [1.29, 1.82) is 0 Å². The first-order valence-corrected chi connectivity index (χ1v) is 12.5. The molecular formula is C23H25ClFN3O4S. The van der Waals surface area contributed by atoms with Crippen LogP contribution in [0.2, 0.25) is 5.02 Å². The fraction of sp³-hybridized carbons (Fsp3) is 0.391. The number of piperazine rings is 1. The molecule has 2 saturated heterocycles. The second kappa shape index (κ2) is 9.04. The molecule has 0 saturated carbocycles. The molecule has 2 unspecified atom stereocenters. The molecule has 0 spiro atoms. The van der Waals surface area contributed by atoms with Crippen LogP contribution in [0.25, 0.3) is 0 Å². The number of hydrogen-bond donors (Lipinski definition) is 0. The van der Waals surface area contributed by atoms with Gasteiger partial charge in [-0.3, -0.25) is 9.59 Å². The lowest BCUT2D eigenvalue weighted by Gasteiger charge is -2.52. The summed E-state index contributed by atoms with van der Waals surface area (Å²) in [5, 5.41) is 0.556. The zero-order chi connectivity index (χ0) is 23.9. The second-order valence-electron chi connectivity index (χ2n) is 8.53. The van der Waals surface area contributed by atoms with Gasteiger partial charge < -0.3 is 9.80 Å². The van der Waals surface area contributed by atoms with Gasteiger partial charge in [-0.15, -0.1) is 0 Å². The van der Waals surface area contributed by atoms with Crippen LogP contribution in [0.1, 0.15) is 25.8 Å². The molecule has 2 aromatic rings. The van der Waals surface area contributed by atoms with Gasteiger partial charge in [-0.2, -0.15) is 4.31 Å². The third-order valence-electron chi connectivity index (χ3n) is 6.14. The second-order valence-corrected chi connectivity index (χ2v) is 10.9. The van der Waals surface area contributed by atoms with E-state index >= 15 is 0 Å². The predicted molar refractivity (Wildman–Crippen MR) is 121 cm³/mol. The van der Waals surface area contributed by atoms with Crippen LogP contribution in [0.15, 0.2) is 53.4 Å². The van der Waals surface area contributed by atoms with Crippen LogP contribution in [0.5, 0.6) is 0 Å². The summed E-state index contributed by atoms with van der Waals surface area (Å²) >= 11 is 5.98. The standard InChI is InChI=1S/C23H25ClFN3O4S/c1-15(2)26-14-21-27(33(31,32)19-9-7-18(25)8-10-19)12-11-22(29)28(21)20(23(26)30)13-16-3-5-17(24)6-4-16/h3-10,15,20-21H,11-14H2,1-2H3. The van der Waals surface area contributed by atoms with Crippen molar-refractivity contribution in [3.05, 3.63) is 64.9 Å². The van der Waals surface area contributed by atoms with Crippen molar-refractivity contribution < 1.29 is 22.4 Å². The first-order valence-electron chi connectivity index (χ1n) is 10.7. The van der Waals surface area contributed by atoms with Gasteiger partial charge in [0.25, 0.3) is 0 Å². The zero-order valence-corrected chi connectivity index (χ0v) is 19.9. The van der Waals surface area contributed by atoms with Gasteiger partial charge in [-0.05, 0) is 55.8 Å². The first-order chi connectivity index (χ1) is 15.6. The molecule has 2 fully saturated rings. The molecule has 176 valence electrons. The highest BCUT2D eigenvalue weighted by molar-refractivity contribution is 7.89. The van der Waals surface area contributed by atoms with Gasteiger partial charge in [-0.1, -0.05) is 23.7 Å². The third kappa shape index (κ3) is 4.49. The SMILES string of the molecule is CC(C)N1CC2N(C(=O)CCN2S(=O)(=O)c2ccc(F)cc2)C(Cc2ccc(Cl)cc2)C1=O. The lowest BCUT2D eigenvalue weighted by molar-refractivity contribution is -0.166. The van der Waals surface area contributed by atoms with Gasteiger partial charge in [0.05, 0.1) is 11.4 Å². The summed E-state index contributed by atoms with van der Waals surface area (Å²) in [5.74, 6) is -1.02. The molecule has 2 aliphatic heterocycles. The molecule has 2 atom stereocenters. The molecule has 0 aromatic heterocycles. The highest BCUT2D eigenvalue weighted by Gasteiger charge is 2.51. The Morgan fingerprint density at radius 3 is 2.30 bits per heavy atom. The number of amides is 2. The highest BCUT2D eigenvalue weighted by Crippen LogP contribution is 2.32. The Morgan fingerprint density at radius 1 is 1.06 bits per heavy atom. The average Bonchev–Trinajstić information content (AvgIpc) is 2.77. The number of hydrogen-bond acceptors (Lipinski definition) is 4. The van der Waals surface area contributed by atoms with E-state index in [0.29, 0.717) is 5.02 Å². The van der Waals surface area contributed by atoms with Gasteiger partial charge in [0, 0.05) is 30.5 Å². The van der Waals surface area contributed by atoms with Crippen LogP contribution in [-0.2, 0) is 26.0 Å². The van der Waals surface area contributed by atoms with Crippen molar-refractivity contribution in [2.45, 2.75) is 49.8 Å². The summed E-state index contributed by atoms with van der Waals surface area (Å²) in [6.07, 6.45) is -0.645. The van der Waals surface area contributed by atoms with E-state index < -0.39 is 28.0 Å². The molecule has 4 rings (SSSR count). The average molecular weight is 494 g/mol. The van der Waals surface area contributed by atoms with Crippen LogP contribution < -0.4 is 0 Å². The number of carbonyl (C=O) groups is 2. The summed E-state index contributed by atoms with van der Waals surface area (Å²) in [6, 6.07) is 10.6. The van der Waals surface area contributed by atoms with Crippen LogP contribution in [0.4, 0.5) is 4.39 Å². The van der Waals surface area contributed by atoms with Gasteiger partial charge in [0.1, 0.15) is 18.0 Å². The maximum Gasteiger partial charge on any atom is 0.246 e. The van der Waals surface area contributed by atoms with Gasteiger partial charge in [0.15, 0.2) is 0 Å². The fourth-order valence-corrected chi connectivity index (χ4v) is 6.14. The number of sulfonamides is 1. The van der Waals surface area contributed by atoms with Gasteiger partial charge in [0.2, 0.25) is 21.8 Å². The molecule has 0 radical (unpaired) electrons. The number of nitrogens with zero attached hydrogens (tertiary/aromatic N) is 3. The topological polar surface area (TPSA) is 78.0 Å². The predicted octanol–water partition coefficient (Wildman–Crippen LogP) is 2.89. The Bertz CT molecular complexity index is 1160. The number of carbonyl (C=O) groups excluding carboxylic acids is 2. The molecule has 2 heterocycles. The lowest BCUT2D eigenvalue weighted by Crippen LogP contribution is -2.72. The van der Waals surface area contributed by atoms with Crippen LogP contribution in [-0.4, -0.2) is 65.7 Å². The Kier molecular flexibility index (Phi) is 6.48. The summed E-state index contributed by atoms with van der Waals surface area (Å²) < 4.78 is 41.6. The Morgan fingerprint density at radius 2 is 1.70 bits per heavy atom. The molecule has 2 aromatic carbocycles. The van der Waals surface area contributed by atoms with E-state index in [2.05, 4.69) is 0 Å². The van der Waals surface area contributed by atoms with Crippen molar-refractivity contribution in [2.24, 2.45) is 0 Å². The molecular weight excluding hydrogens is 469 g/mol. The monoisotopic (exact) mass is 493 g/mol. The highest BCUT2D eigenvalue weighted by atomic mass is 35.5. The Balaban J connectivity index is 1.74. The van der Waals surface area contributed by atoms with Crippen molar-refractivity contribution in [1.82, 2.24) is 14.1 Å². The molecule has 2 aliphatic rings. The van der Waals surface area contributed by atoms with Crippen LogP contribution >= 0.6 is 11.6 Å². The smallest absolute Gasteiger partial charge is 0.246 e. The molecule has 33 heavy (non-hydrogen) atoms. The van der Waals surface area contributed by atoms with E-state index in [0.717, 1.165) is 17.7 Å². The van der Waals surface area contributed by atoms with Crippen LogP contribution in [0.3, 0.4) is 0 Å². The van der Waals surface area contributed by atoms with Crippen molar-refractivity contribution >= 4 is 33.4 Å². The summed E-state index contributed by atoms with van der Waals surface area (Å²) in [5.41, 5.74) is 0.813. The molecule has 2 amide bonds. The maximum absolute atomic E-state index is 13.5. The number of fused-ring (bicyclic) bond motifs is 1. The summed E-state index contributed by atoms with van der Waals surface area (Å²) in [6.45, 7) is 3.78. The number of benzene rings is 2. The van der Waals surface area contributed by atoms with E-state index in [-0.39, 0.29) is 48.7 Å². The minimum absolute atomic E-state index is 0.00645. The largest absolute Gasteiger partial charge is 0.335 e. The van der Waals surface area contributed by atoms with E-state index in [1.807, 2.05) is 13.8 Å². The minimum Gasteiger partial charge on any atom is -0.335 e. The molecule has 0 aliphatic carbocycles. The van der Waals surface area contributed by atoms with Gasteiger partial charge >= 0.3 is 0 Å². The molecule has 10 heteroatoms. The molecule has 0 bridgehead atoms. The quantitative estimate of drug-likeness (QED) is 0.641. The third-order valence-corrected chi connectivity index (χ3v) is 8.30. The maximum atomic E-state index is 13.5. The summed E-state index contributed by atoms with van der Waals surface area (Å²) in [7, 11) is -4.02. The Hall–Kier alpha value is -2.49. The zero-order valence-electron chi connectivity index (χ0n) is 18.3. The van der Waals surface area contributed by atoms with E-state index in [9.17, 15) is 22.4 Å². The fourth-order valence-electron chi connectivity index (χ4n) is 4.44. The minimum atomic E-state index is -4.02. The lowest BCUT2D eigenvalue weighted by atomic mass is 9.97. The van der Waals surface area contributed by atoms with E-state index in [1.54, 1.807) is 29.2 Å². The number of rotatable bonds is 5. The van der Waals surface area contributed by atoms with Crippen LogP contribution in [0, 0.1) is 5.82 Å². The first kappa shape index (κ1) is 23.7. The molecule has 7 nitrogen and oxygen atoms in total. The Labute approximate surface area is 197 Å². The number of halogens is 2. The summed E-state index contributed by atoms with van der Waals surface area (Å²) in [4.78, 5) is 29.4. The van der Waals surface area contributed by atoms with E-state index in [4.69, 9.17) is 11.6 Å². The van der Waals surface area contributed by atoms with Crippen molar-refractivity contribution in [3.8, 4) is 0 Å². The van der Waals surface area contributed by atoms with Crippen molar-refractivity contribution in [2.75, 3.05) is 13.1 Å². The van der Waals surface area contributed by atoms with Gasteiger partial charge in [-0.25, -0.2) is 12.8 Å². The normalized spacial score (nSPS) is 22.1. The van der Waals surface area contributed by atoms with E-state index in [1.165, 1.54) is 21.3 Å². The molecule has 0 N–H and O–H groups in total. The van der Waals surface area contributed by atoms with Crippen molar-refractivity contribution in [3.63, 3.8) is 0 Å².